The highest BCUT2D eigenvalue weighted by atomic mass is 16.6. The van der Waals surface area contributed by atoms with Crippen LogP contribution in [0, 0.1) is 13.8 Å². The topological polar surface area (TPSA) is 30.5 Å². The van der Waals surface area contributed by atoms with Gasteiger partial charge < -0.3 is 14.8 Å². The molecule has 1 heterocycles. The summed E-state index contributed by atoms with van der Waals surface area (Å²) < 4.78 is 11.6. The van der Waals surface area contributed by atoms with Crippen LogP contribution in [-0.2, 0) is 0 Å². The zero-order chi connectivity index (χ0) is 11.5. The molecule has 88 valence electrons. The second kappa shape index (κ2) is 4.74. The van der Waals surface area contributed by atoms with Gasteiger partial charge in [-0.2, -0.15) is 0 Å². The van der Waals surface area contributed by atoms with Gasteiger partial charge in [0.05, 0.1) is 0 Å². The monoisotopic (exact) mass is 221 g/mol. The highest BCUT2D eigenvalue weighted by Gasteiger charge is 2.21. The number of likely N-dealkylation sites (N-methyl/N-ethyl adjacent to an activating group) is 1. The summed E-state index contributed by atoms with van der Waals surface area (Å²) in [6, 6.07) is 4.11. The SMILES string of the molecule is CCNCC1COc2cc(C)c(C)cc2O1. The largest absolute Gasteiger partial charge is 0.486 e. The van der Waals surface area contributed by atoms with Crippen LogP contribution in [0.5, 0.6) is 11.5 Å². The summed E-state index contributed by atoms with van der Waals surface area (Å²) in [6.45, 7) is 8.69. The van der Waals surface area contributed by atoms with Crippen molar-refractivity contribution in [3.05, 3.63) is 23.3 Å². The Hall–Kier alpha value is -1.22. The Morgan fingerprint density at radius 2 is 1.94 bits per heavy atom. The zero-order valence-corrected chi connectivity index (χ0v) is 10.2. The Bertz CT molecular complexity index is 376. The fourth-order valence-corrected chi connectivity index (χ4v) is 1.77. The van der Waals surface area contributed by atoms with Crippen molar-refractivity contribution in [2.45, 2.75) is 26.9 Å². The van der Waals surface area contributed by atoms with E-state index in [0.29, 0.717) is 6.61 Å². The standard InChI is InChI=1S/C13H19NO2/c1-4-14-7-11-8-15-12-5-9(2)10(3)6-13(12)16-11/h5-6,11,14H,4,7-8H2,1-3H3. The molecule has 1 aliphatic rings. The van der Waals surface area contributed by atoms with E-state index in [9.17, 15) is 0 Å². The molecule has 0 fully saturated rings. The van der Waals surface area contributed by atoms with Gasteiger partial charge in [0, 0.05) is 6.54 Å². The lowest BCUT2D eigenvalue weighted by atomic mass is 10.1. The quantitative estimate of drug-likeness (QED) is 0.847. The van der Waals surface area contributed by atoms with Crippen molar-refractivity contribution in [2.24, 2.45) is 0 Å². The van der Waals surface area contributed by atoms with Gasteiger partial charge in [-0.15, -0.1) is 0 Å². The maximum Gasteiger partial charge on any atom is 0.162 e. The minimum atomic E-state index is 0.120. The molecular weight excluding hydrogens is 202 g/mol. The number of rotatable bonds is 3. The highest BCUT2D eigenvalue weighted by molar-refractivity contribution is 5.47. The molecule has 0 amide bonds. The molecule has 16 heavy (non-hydrogen) atoms. The molecule has 1 unspecified atom stereocenters. The Morgan fingerprint density at radius 3 is 2.62 bits per heavy atom. The van der Waals surface area contributed by atoms with Gasteiger partial charge in [-0.25, -0.2) is 0 Å². The second-order valence-electron chi connectivity index (χ2n) is 4.24. The van der Waals surface area contributed by atoms with Crippen LogP contribution in [0.4, 0.5) is 0 Å². The van der Waals surface area contributed by atoms with Crippen LogP contribution in [0.1, 0.15) is 18.1 Å². The molecule has 0 aromatic heterocycles. The predicted molar refractivity (Wildman–Crippen MR) is 64.4 cm³/mol. The molecule has 3 heteroatoms. The summed E-state index contributed by atoms with van der Waals surface area (Å²) in [5, 5.41) is 3.27. The number of aryl methyl sites for hydroxylation is 2. The van der Waals surface area contributed by atoms with E-state index in [4.69, 9.17) is 9.47 Å². The van der Waals surface area contributed by atoms with Crippen molar-refractivity contribution in [3.8, 4) is 11.5 Å². The van der Waals surface area contributed by atoms with Gasteiger partial charge >= 0.3 is 0 Å². The molecule has 0 saturated heterocycles. The molecule has 3 nitrogen and oxygen atoms in total. The van der Waals surface area contributed by atoms with Gasteiger partial charge in [0.25, 0.3) is 0 Å². The average molecular weight is 221 g/mol. The molecule has 0 saturated carbocycles. The van der Waals surface area contributed by atoms with E-state index in [-0.39, 0.29) is 6.10 Å². The van der Waals surface area contributed by atoms with Crippen molar-refractivity contribution in [3.63, 3.8) is 0 Å². The van der Waals surface area contributed by atoms with Crippen LogP contribution in [0.15, 0.2) is 12.1 Å². The summed E-state index contributed by atoms with van der Waals surface area (Å²) in [4.78, 5) is 0. The average Bonchev–Trinajstić information content (AvgIpc) is 2.28. The lowest BCUT2D eigenvalue weighted by molar-refractivity contribution is 0.0907. The molecule has 0 spiro atoms. The first-order valence-corrected chi connectivity index (χ1v) is 5.82. The van der Waals surface area contributed by atoms with Gasteiger partial charge in [-0.3, -0.25) is 0 Å². The Balaban J connectivity index is 2.11. The summed E-state index contributed by atoms with van der Waals surface area (Å²) in [5.74, 6) is 1.74. The fraction of sp³-hybridized carbons (Fsp3) is 0.538. The van der Waals surface area contributed by atoms with E-state index in [1.54, 1.807) is 0 Å². The summed E-state index contributed by atoms with van der Waals surface area (Å²) >= 11 is 0. The maximum absolute atomic E-state index is 5.88. The number of nitrogens with one attached hydrogen (secondary N) is 1. The van der Waals surface area contributed by atoms with Crippen LogP contribution in [0.3, 0.4) is 0 Å². The van der Waals surface area contributed by atoms with Crippen molar-refractivity contribution in [1.29, 1.82) is 0 Å². The first kappa shape index (κ1) is 11.3. The number of benzene rings is 1. The Labute approximate surface area is 96.8 Å². The van der Waals surface area contributed by atoms with Crippen LogP contribution < -0.4 is 14.8 Å². The highest BCUT2D eigenvalue weighted by Crippen LogP contribution is 2.34. The first-order chi connectivity index (χ1) is 7.70. The van der Waals surface area contributed by atoms with Crippen molar-refractivity contribution >= 4 is 0 Å². The fourth-order valence-electron chi connectivity index (χ4n) is 1.77. The van der Waals surface area contributed by atoms with Crippen molar-refractivity contribution < 1.29 is 9.47 Å². The third-order valence-electron chi connectivity index (χ3n) is 2.90. The normalized spacial score (nSPS) is 18.6. The molecular formula is C13H19NO2. The smallest absolute Gasteiger partial charge is 0.162 e. The number of hydrogen-bond donors (Lipinski definition) is 1. The second-order valence-corrected chi connectivity index (χ2v) is 4.24. The summed E-state index contributed by atoms with van der Waals surface area (Å²) in [5.41, 5.74) is 2.49. The predicted octanol–water partition coefficient (Wildman–Crippen LogP) is 2.05. The molecule has 1 atom stereocenters. The van der Waals surface area contributed by atoms with E-state index in [1.807, 2.05) is 6.07 Å². The lowest BCUT2D eigenvalue weighted by Crippen LogP contribution is -2.38. The number of fused-ring (bicyclic) bond motifs is 1. The summed E-state index contributed by atoms with van der Waals surface area (Å²) in [7, 11) is 0. The Kier molecular flexibility index (Phi) is 3.34. The molecule has 0 aliphatic carbocycles. The lowest BCUT2D eigenvalue weighted by Gasteiger charge is -2.27. The van der Waals surface area contributed by atoms with Gasteiger partial charge in [0.15, 0.2) is 11.5 Å². The molecule has 1 aromatic carbocycles. The maximum atomic E-state index is 5.88. The number of hydrogen-bond acceptors (Lipinski definition) is 3. The van der Waals surface area contributed by atoms with Crippen LogP contribution >= 0.6 is 0 Å². The van der Waals surface area contributed by atoms with E-state index < -0.39 is 0 Å². The first-order valence-electron chi connectivity index (χ1n) is 5.82. The number of ether oxygens (including phenoxy) is 2. The van der Waals surface area contributed by atoms with E-state index >= 15 is 0 Å². The molecule has 2 rings (SSSR count). The summed E-state index contributed by atoms with van der Waals surface area (Å²) in [6.07, 6.45) is 0.120. The van der Waals surface area contributed by atoms with Crippen LogP contribution in [-0.4, -0.2) is 25.8 Å². The third kappa shape index (κ3) is 2.30. The van der Waals surface area contributed by atoms with E-state index in [2.05, 4.69) is 32.2 Å². The minimum Gasteiger partial charge on any atom is -0.486 e. The molecule has 0 bridgehead atoms. The van der Waals surface area contributed by atoms with E-state index in [1.165, 1.54) is 11.1 Å². The molecule has 1 N–H and O–H groups in total. The van der Waals surface area contributed by atoms with Crippen molar-refractivity contribution in [1.82, 2.24) is 5.32 Å². The zero-order valence-electron chi connectivity index (χ0n) is 10.2. The Morgan fingerprint density at radius 1 is 1.25 bits per heavy atom. The molecule has 1 aromatic rings. The van der Waals surface area contributed by atoms with Gasteiger partial charge in [0.1, 0.15) is 12.7 Å². The van der Waals surface area contributed by atoms with Gasteiger partial charge in [-0.1, -0.05) is 6.92 Å². The van der Waals surface area contributed by atoms with Gasteiger partial charge in [-0.05, 0) is 43.7 Å². The molecule has 0 radical (unpaired) electrons. The molecule has 1 aliphatic heterocycles. The van der Waals surface area contributed by atoms with E-state index in [0.717, 1.165) is 24.6 Å². The van der Waals surface area contributed by atoms with Crippen LogP contribution in [0.25, 0.3) is 0 Å². The van der Waals surface area contributed by atoms with Gasteiger partial charge in [0.2, 0.25) is 0 Å². The minimum absolute atomic E-state index is 0.120. The van der Waals surface area contributed by atoms with Crippen LogP contribution in [0.2, 0.25) is 0 Å². The van der Waals surface area contributed by atoms with Crippen molar-refractivity contribution in [2.75, 3.05) is 19.7 Å². The third-order valence-corrected chi connectivity index (χ3v) is 2.90.